The summed E-state index contributed by atoms with van der Waals surface area (Å²) < 4.78 is 3.65. The van der Waals surface area contributed by atoms with Crippen molar-refractivity contribution in [1.82, 2.24) is 29.2 Å². The molecule has 0 radical (unpaired) electrons. The van der Waals surface area contributed by atoms with Crippen molar-refractivity contribution in [3.8, 4) is 5.69 Å². The molecule has 1 aliphatic heterocycles. The second kappa shape index (κ2) is 9.21. The van der Waals surface area contributed by atoms with Crippen molar-refractivity contribution in [3.05, 3.63) is 94.4 Å². The van der Waals surface area contributed by atoms with Crippen LogP contribution in [0.3, 0.4) is 0 Å². The second-order valence-corrected chi connectivity index (χ2v) is 9.96. The van der Waals surface area contributed by atoms with E-state index in [-0.39, 0.29) is 5.56 Å². The summed E-state index contributed by atoms with van der Waals surface area (Å²) in [6, 6.07) is 22.2. The molecule has 0 bridgehead atoms. The van der Waals surface area contributed by atoms with E-state index in [0.29, 0.717) is 22.8 Å². The van der Waals surface area contributed by atoms with Crippen LogP contribution in [0.1, 0.15) is 11.1 Å². The fraction of sp³-hybridized carbons (Fsp3) is 0.200. The number of fused-ring (bicyclic) bond motifs is 5. The predicted octanol–water partition coefficient (Wildman–Crippen LogP) is 4.35. The highest BCUT2D eigenvalue weighted by Gasteiger charge is 2.20. The number of hydrogen-bond acceptors (Lipinski definition) is 7. The van der Waals surface area contributed by atoms with Crippen LogP contribution in [0.5, 0.6) is 0 Å². The van der Waals surface area contributed by atoms with E-state index in [4.69, 9.17) is 9.97 Å². The SMILES string of the molecule is Cc1cccc(C)c1-n1c(=O)c2cnc(Nc3ccc(N4CCNCC4)cc3)nc2n2c3ccccc3nc12. The number of nitrogens with one attached hydrogen (secondary N) is 2. The molecule has 0 atom stereocenters. The van der Waals surface area contributed by atoms with Crippen molar-refractivity contribution in [2.75, 3.05) is 36.4 Å². The quantitative estimate of drug-likeness (QED) is 0.360. The van der Waals surface area contributed by atoms with Gasteiger partial charge in [-0.2, -0.15) is 4.98 Å². The predicted molar refractivity (Wildman–Crippen MR) is 156 cm³/mol. The molecule has 9 nitrogen and oxygen atoms in total. The fourth-order valence-electron chi connectivity index (χ4n) is 5.51. The molecule has 4 heterocycles. The van der Waals surface area contributed by atoms with Crippen LogP contribution in [0.25, 0.3) is 33.5 Å². The Morgan fingerprint density at radius 2 is 1.62 bits per heavy atom. The topological polar surface area (TPSA) is 92.4 Å². The van der Waals surface area contributed by atoms with Crippen LogP contribution in [0, 0.1) is 13.8 Å². The number of aryl methyl sites for hydroxylation is 2. The van der Waals surface area contributed by atoms with Gasteiger partial charge in [0.25, 0.3) is 5.56 Å². The van der Waals surface area contributed by atoms with Crippen LogP contribution in [-0.2, 0) is 0 Å². The summed E-state index contributed by atoms with van der Waals surface area (Å²) in [7, 11) is 0. The molecule has 0 amide bonds. The van der Waals surface area contributed by atoms with Crippen LogP contribution in [0.2, 0.25) is 0 Å². The molecule has 194 valence electrons. The molecule has 1 fully saturated rings. The van der Waals surface area contributed by atoms with Crippen LogP contribution in [-0.4, -0.2) is 50.1 Å². The first-order valence-corrected chi connectivity index (χ1v) is 13.2. The molecule has 3 aromatic carbocycles. The molecule has 0 saturated carbocycles. The van der Waals surface area contributed by atoms with Crippen molar-refractivity contribution in [1.29, 1.82) is 0 Å². The van der Waals surface area contributed by atoms with E-state index in [9.17, 15) is 4.79 Å². The number of hydrogen-bond donors (Lipinski definition) is 2. The van der Waals surface area contributed by atoms with Crippen molar-refractivity contribution < 1.29 is 0 Å². The van der Waals surface area contributed by atoms with Crippen molar-refractivity contribution in [3.63, 3.8) is 0 Å². The van der Waals surface area contributed by atoms with Crippen LogP contribution < -0.4 is 21.1 Å². The molecule has 2 N–H and O–H groups in total. The van der Waals surface area contributed by atoms with Gasteiger partial charge in [-0.15, -0.1) is 0 Å². The smallest absolute Gasteiger partial charge is 0.270 e. The van der Waals surface area contributed by atoms with Gasteiger partial charge in [-0.05, 0) is 61.4 Å². The molecule has 3 aromatic heterocycles. The van der Waals surface area contributed by atoms with Gasteiger partial charge >= 0.3 is 0 Å². The summed E-state index contributed by atoms with van der Waals surface area (Å²) in [6.45, 7) is 8.00. The summed E-state index contributed by atoms with van der Waals surface area (Å²) in [6.07, 6.45) is 1.61. The monoisotopic (exact) mass is 516 g/mol. The molecular weight excluding hydrogens is 488 g/mol. The number of piperazine rings is 1. The number of imidazole rings is 1. The minimum atomic E-state index is -0.197. The van der Waals surface area contributed by atoms with Gasteiger partial charge < -0.3 is 15.5 Å². The summed E-state index contributed by atoms with van der Waals surface area (Å²) >= 11 is 0. The van der Waals surface area contributed by atoms with E-state index in [1.54, 1.807) is 10.8 Å². The number of nitrogens with zero attached hydrogens (tertiary/aromatic N) is 6. The maximum absolute atomic E-state index is 14.0. The van der Waals surface area contributed by atoms with E-state index in [0.717, 1.165) is 59.7 Å². The third-order valence-corrected chi connectivity index (χ3v) is 7.43. The lowest BCUT2D eigenvalue weighted by atomic mass is 10.1. The molecule has 39 heavy (non-hydrogen) atoms. The Kier molecular flexibility index (Phi) is 5.52. The van der Waals surface area contributed by atoms with E-state index in [2.05, 4.69) is 32.7 Å². The average molecular weight is 517 g/mol. The minimum absolute atomic E-state index is 0.197. The Morgan fingerprint density at radius 3 is 2.38 bits per heavy atom. The molecule has 9 heteroatoms. The number of aromatic nitrogens is 5. The molecule has 0 spiro atoms. The second-order valence-electron chi connectivity index (χ2n) is 9.96. The lowest BCUT2D eigenvalue weighted by molar-refractivity contribution is 0.589. The van der Waals surface area contributed by atoms with Gasteiger partial charge in [0.05, 0.1) is 16.7 Å². The summed E-state index contributed by atoms with van der Waals surface area (Å²) in [5.41, 5.74) is 6.88. The third kappa shape index (κ3) is 3.90. The Balaban J connectivity index is 1.38. The Bertz CT molecular complexity index is 1900. The molecule has 1 saturated heterocycles. The summed E-state index contributed by atoms with van der Waals surface area (Å²) in [4.78, 5) is 30.6. The first-order chi connectivity index (χ1) is 19.1. The highest BCUT2D eigenvalue weighted by molar-refractivity contribution is 5.88. The lowest BCUT2D eigenvalue weighted by Crippen LogP contribution is -2.43. The van der Waals surface area contributed by atoms with Gasteiger partial charge in [0.1, 0.15) is 5.39 Å². The molecule has 1 aliphatic rings. The summed E-state index contributed by atoms with van der Waals surface area (Å²) in [5.74, 6) is 0.942. The Morgan fingerprint density at radius 1 is 0.872 bits per heavy atom. The van der Waals surface area contributed by atoms with Crippen LogP contribution >= 0.6 is 0 Å². The van der Waals surface area contributed by atoms with Gasteiger partial charge in [-0.25, -0.2) is 14.5 Å². The van der Waals surface area contributed by atoms with Crippen molar-refractivity contribution in [2.45, 2.75) is 13.8 Å². The van der Waals surface area contributed by atoms with E-state index in [1.807, 2.05) is 72.8 Å². The van der Waals surface area contributed by atoms with E-state index < -0.39 is 0 Å². The minimum Gasteiger partial charge on any atom is -0.369 e. The van der Waals surface area contributed by atoms with Crippen LogP contribution in [0.15, 0.2) is 77.7 Å². The standard InChI is InChI=1S/C30H28N8O/c1-19-6-5-7-20(2)26(19)38-28(39)23-18-32-29(33-21-10-12-22(13-11-21)36-16-14-31-15-17-36)35-27(23)37-25-9-4-3-8-24(25)34-30(37)38/h3-13,18,31H,14-17H2,1-2H3,(H,32,33,35). The molecule has 6 aromatic rings. The number of anilines is 3. The van der Waals surface area contributed by atoms with Crippen molar-refractivity contribution in [2.24, 2.45) is 0 Å². The molecular formula is C30H28N8O. The first kappa shape index (κ1) is 23.4. The normalized spacial score (nSPS) is 13.9. The summed E-state index contributed by atoms with van der Waals surface area (Å²) in [5, 5.41) is 7.13. The zero-order valence-corrected chi connectivity index (χ0v) is 21.8. The average Bonchev–Trinajstić information content (AvgIpc) is 3.35. The molecule has 7 rings (SSSR count). The highest BCUT2D eigenvalue weighted by atomic mass is 16.1. The van der Waals surface area contributed by atoms with Gasteiger partial charge in [-0.3, -0.25) is 9.20 Å². The molecule has 0 unspecified atom stereocenters. The number of benzene rings is 3. The van der Waals surface area contributed by atoms with Gasteiger partial charge in [0.15, 0.2) is 5.65 Å². The maximum atomic E-state index is 14.0. The van der Waals surface area contributed by atoms with Gasteiger partial charge in [0.2, 0.25) is 11.7 Å². The largest absolute Gasteiger partial charge is 0.369 e. The Hall–Kier alpha value is -4.76. The zero-order valence-electron chi connectivity index (χ0n) is 21.8. The fourth-order valence-corrected chi connectivity index (χ4v) is 5.51. The van der Waals surface area contributed by atoms with Crippen molar-refractivity contribution >= 4 is 45.2 Å². The third-order valence-electron chi connectivity index (χ3n) is 7.43. The Labute approximate surface area is 224 Å². The van der Waals surface area contributed by atoms with Crippen LogP contribution in [0.4, 0.5) is 17.3 Å². The van der Waals surface area contributed by atoms with Gasteiger partial charge in [0, 0.05) is 43.8 Å². The maximum Gasteiger partial charge on any atom is 0.270 e. The van der Waals surface area contributed by atoms with Gasteiger partial charge in [-0.1, -0.05) is 30.3 Å². The first-order valence-electron chi connectivity index (χ1n) is 13.2. The van der Waals surface area contributed by atoms with E-state index in [1.165, 1.54) is 5.69 Å². The molecule has 0 aliphatic carbocycles. The number of rotatable bonds is 4. The highest BCUT2D eigenvalue weighted by Crippen LogP contribution is 2.26. The van der Waals surface area contributed by atoms with E-state index >= 15 is 0 Å². The zero-order chi connectivity index (χ0) is 26.5. The number of para-hydroxylation sites is 3. The lowest BCUT2D eigenvalue weighted by Gasteiger charge is -2.29.